The molecule has 0 aromatic heterocycles. The highest BCUT2D eigenvalue weighted by atomic mass is 16.5. The number of hydrogen-bond donors (Lipinski definition) is 0. The third kappa shape index (κ3) is 3.80. The van der Waals surface area contributed by atoms with E-state index in [-0.39, 0.29) is 12.1 Å². The fourth-order valence-electron chi connectivity index (χ4n) is 4.02. The van der Waals surface area contributed by atoms with Gasteiger partial charge in [-0.2, -0.15) is 0 Å². The van der Waals surface area contributed by atoms with Crippen molar-refractivity contribution in [2.75, 3.05) is 28.4 Å². The first-order valence-corrected chi connectivity index (χ1v) is 8.96. The second-order valence-corrected chi connectivity index (χ2v) is 6.87. The lowest BCUT2D eigenvalue weighted by atomic mass is 10.0. The molecule has 1 aromatic rings. The number of esters is 1. The largest absolute Gasteiger partial charge is 0.493 e. The molecule has 0 aliphatic carbocycles. The number of fused-ring (bicyclic) bond motifs is 2. The molecule has 2 aliphatic rings. The summed E-state index contributed by atoms with van der Waals surface area (Å²) in [5, 5.41) is 0. The Balaban J connectivity index is 1.65. The van der Waals surface area contributed by atoms with Gasteiger partial charge in [-0.1, -0.05) is 0 Å². The summed E-state index contributed by atoms with van der Waals surface area (Å²) >= 11 is 0. The van der Waals surface area contributed by atoms with Crippen molar-refractivity contribution in [2.24, 2.45) is 0 Å². The summed E-state index contributed by atoms with van der Waals surface area (Å²) in [6, 6.07) is 4.68. The molecule has 2 saturated heterocycles. The van der Waals surface area contributed by atoms with Crippen LogP contribution in [0.2, 0.25) is 0 Å². The summed E-state index contributed by atoms with van der Waals surface area (Å²) in [5.74, 6) is 1.31. The van der Waals surface area contributed by atoms with Gasteiger partial charge in [0.2, 0.25) is 5.75 Å². The average molecular weight is 361 g/mol. The third-order valence-electron chi connectivity index (χ3n) is 5.44. The Bertz CT molecular complexity index is 648. The number of hydrogen-bond acceptors (Lipinski definition) is 6. The summed E-state index contributed by atoms with van der Waals surface area (Å²) in [7, 11) is 6.85. The number of benzene rings is 1. The van der Waals surface area contributed by atoms with Gasteiger partial charge in [0.05, 0.1) is 21.3 Å². The van der Waals surface area contributed by atoms with Crippen LogP contribution in [0.4, 0.5) is 0 Å². The zero-order valence-electron chi connectivity index (χ0n) is 15.9. The van der Waals surface area contributed by atoms with Crippen molar-refractivity contribution in [1.82, 2.24) is 4.90 Å². The molecule has 2 aliphatic heterocycles. The molecule has 142 valence electrons. The molecular weight excluding hydrogens is 334 g/mol. The van der Waals surface area contributed by atoms with Crippen LogP contribution in [-0.2, 0) is 9.53 Å². The van der Waals surface area contributed by atoms with E-state index in [1.54, 1.807) is 39.5 Å². The van der Waals surface area contributed by atoms with E-state index in [0.717, 1.165) is 18.4 Å². The molecule has 2 bridgehead atoms. The van der Waals surface area contributed by atoms with Crippen LogP contribution in [-0.4, -0.2) is 57.4 Å². The van der Waals surface area contributed by atoms with Gasteiger partial charge in [-0.05, 0) is 43.7 Å². The Morgan fingerprint density at radius 2 is 1.62 bits per heavy atom. The van der Waals surface area contributed by atoms with Gasteiger partial charge in [0, 0.05) is 31.0 Å². The van der Waals surface area contributed by atoms with Crippen molar-refractivity contribution in [3.05, 3.63) is 23.8 Å². The Hall–Kier alpha value is -2.21. The summed E-state index contributed by atoms with van der Waals surface area (Å²) in [6.45, 7) is 0. The number of carbonyl (C=O) groups excluding carboxylic acids is 1. The maximum Gasteiger partial charge on any atom is 0.331 e. The van der Waals surface area contributed by atoms with Crippen LogP contribution in [0.5, 0.6) is 17.2 Å². The molecule has 26 heavy (non-hydrogen) atoms. The number of piperidine rings is 1. The predicted octanol–water partition coefficient (Wildman–Crippen LogP) is 2.89. The minimum absolute atomic E-state index is 0.0146. The number of ether oxygens (including phenoxy) is 4. The number of rotatable bonds is 6. The molecule has 1 aromatic carbocycles. The van der Waals surface area contributed by atoms with Gasteiger partial charge in [0.25, 0.3) is 0 Å². The normalized spacial score (nSPS) is 25.3. The summed E-state index contributed by atoms with van der Waals surface area (Å²) in [4.78, 5) is 14.6. The maximum atomic E-state index is 12.2. The molecule has 0 radical (unpaired) electrons. The quantitative estimate of drug-likeness (QED) is 0.574. The molecule has 0 saturated carbocycles. The van der Waals surface area contributed by atoms with Gasteiger partial charge < -0.3 is 23.8 Å². The first kappa shape index (κ1) is 18.6. The highest BCUT2D eigenvalue weighted by molar-refractivity contribution is 5.87. The maximum absolute atomic E-state index is 12.2. The number of methoxy groups -OCH3 is 3. The minimum atomic E-state index is -0.312. The van der Waals surface area contributed by atoms with Crippen LogP contribution >= 0.6 is 0 Å². The van der Waals surface area contributed by atoms with Crippen LogP contribution in [0.1, 0.15) is 31.2 Å². The molecule has 0 spiro atoms. The Morgan fingerprint density at radius 1 is 1.04 bits per heavy atom. The zero-order chi connectivity index (χ0) is 18.7. The van der Waals surface area contributed by atoms with Crippen LogP contribution in [0.3, 0.4) is 0 Å². The van der Waals surface area contributed by atoms with E-state index < -0.39 is 0 Å². The van der Waals surface area contributed by atoms with Crippen molar-refractivity contribution in [3.8, 4) is 17.2 Å². The Morgan fingerprint density at radius 3 is 2.12 bits per heavy atom. The van der Waals surface area contributed by atoms with E-state index in [1.807, 2.05) is 0 Å². The van der Waals surface area contributed by atoms with Crippen molar-refractivity contribution < 1.29 is 23.7 Å². The van der Waals surface area contributed by atoms with Crippen molar-refractivity contribution >= 4 is 12.0 Å². The number of nitrogens with zero attached hydrogens (tertiary/aromatic N) is 1. The van der Waals surface area contributed by atoms with E-state index in [2.05, 4.69) is 11.9 Å². The van der Waals surface area contributed by atoms with Crippen molar-refractivity contribution in [3.63, 3.8) is 0 Å². The van der Waals surface area contributed by atoms with Crippen molar-refractivity contribution in [2.45, 2.75) is 43.9 Å². The molecule has 3 rings (SSSR count). The standard InChI is InChI=1S/C20H27NO5/c1-21-14-6-7-15(21)12-16(11-14)26-19(22)8-5-13-9-17(23-2)20(25-4)18(10-13)24-3/h5,8-10,14-16H,6-7,11-12H2,1-4H3/t14-,15+,16?. The molecule has 2 heterocycles. The molecule has 2 fully saturated rings. The molecule has 0 amide bonds. The first-order chi connectivity index (χ1) is 12.5. The SMILES string of the molecule is COc1cc(C=CC(=O)OC2C[C@H]3CC[C@@H](C2)N3C)cc(OC)c1OC. The van der Waals surface area contributed by atoms with E-state index >= 15 is 0 Å². The topological polar surface area (TPSA) is 57.2 Å². The summed E-state index contributed by atoms with van der Waals surface area (Å²) in [5.41, 5.74) is 0.778. The van der Waals surface area contributed by atoms with Gasteiger partial charge in [0.15, 0.2) is 11.5 Å². The lowest BCUT2D eigenvalue weighted by Crippen LogP contribution is -2.43. The summed E-state index contributed by atoms with van der Waals surface area (Å²) < 4.78 is 21.6. The minimum Gasteiger partial charge on any atom is -0.493 e. The van der Waals surface area contributed by atoms with Gasteiger partial charge in [-0.25, -0.2) is 4.79 Å². The smallest absolute Gasteiger partial charge is 0.331 e. The van der Waals surface area contributed by atoms with Crippen LogP contribution < -0.4 is 14.2 Å². The molecule has 0 N–H and O–H groups in total. The van der Waals surface area contributed by atoms with Crippen LogP contribution in [0, 0.1) is 0 Å². The van der Waals surface area contributed by atoms with Gasteiger partial charge >= 0.3 is 5.97 Å². The lowest BCUT2D eigenvalue weighted by molar-refractivity contribution is -0.146. The highest BCUT2D eigenvalue weighted by Crippen LogP contribution is 2.38. The van der Waals surface area contributed by atoms with E-state index in [0.29, 0.717) is 29.3 Å². The fourth-order valence-corrected chi connectivity index (χ4v) is 4.02. The van der Waals surface area contributed by atoms with Gasteiger partial charge in [-0.3, -0.25) is 0 Å². The average Bonchev–Trinajstić information content (AvgIpc) is 2.85. The molecule has 6 heteroatoms. The third-order valence-corrected chi connectivity index (χ3v) is 5.44. The van der Waals surface area contributed by atoms with Crippen LogP contribution in [0.25, 0.3) is 6.08 Å². The van der Waals surface area contributed by atoms with Gasteiger partial charge in [0.1, 0.15) is 6.10 Å². The predicted molar refractivity (Wildman–Crippen MR) is 98.8 cm³/mol. The Kier molecular flexibility index (Phi) is 5.71. The van der Waals surface area contributed by atoms with E-state index in [1.165, 1.54) is 18.9 Å². The second-order valence-electron chi connectivity index (χ2n) is 6.87. The second kappa shape index (κ2) is 7.99. The molecular formula is C20H27NO5. The number of carbonyl (C=O) groups is 1. The Labute approximate surface area is 154 Å². The van der Waals surface area contributed by atoms with E-state index in [4.69, 9.17) is 18.9 Å². The van der Waals surface area contributed by atoms with Crippen molar-refractivity contribution in [1.29, 1.82) is 0 Å². The first-order valence-electron chi connectivity index (χ1n) is 8.96. The molecule has 3 atom stereocenters. The fraction of sp³-hybridized carbons (Fsp3) is 0.550. The zero-order valence-corrected chi connectivity index (χ0v) is 15.9. The van der Waals surface area contributed by atoms with Gasteiger partial charge in [-0.15, -0.1) is 0 Å². The highest BCUT2D eigenvalue weighted by Gasteiger charge is 2.39. The van der Waals surface area contributed by atoms with Crippen LogP contribution in [0.15, 0.2) is 18.2 Å². The lowest BCUT2D eigenvalue weighted by Gasteiger charge is -2.35. The summed E-state index contributed by atoms with van der Waals surface area (Å²) in [6.07, 6.45) is 7.44. The molecule has 1 unspecified atom stereocenters. The van der Waals surface area contributed by atoms with E-state index in [9.17, 15) is 4.79 Å². The molecule has 6 nitrogen and oxygen atoms in total. The monoisotopic (exact) mass is 361 g/mol.